The minimum atomic E-state index is -0.357. The molecule has 1 N–H and O–H groups in total. The number of carbonyl (C=O) groups excluding carboxylic acids is 2. The van der Waals surface area contributed by atoms with E-state index < -0.39 is 0 Å². The van der Waals surface area contributed by atoms with Gasteiger partial charge in [0.1, 0.15) is 17.2 Å². The van der Waals surface area contributed by atoms with Crippen LogP contribution in [-0.4, -0.2) is 49.0 Å². The summed E-state index contributed by atoms with van der Waals surface area (Å²) in [4.78, 5) is 30.7. The lowest BCUT2D eigenvalue weighted by molar-refractivity contribution is 0.0767. The lowest BCUT2D eigenvalue weighted by atomic mass is 10.2. The molecule has 1 aromatic heterocycles. The normalized spacial score (nSPS) is 10.2. The SMILES string of the molecule is CCN(CC)C(=O)c1cc(C(=O)Nc2ccc(OC)cc2OC)ccn1. The van der Waals surface area contributed by atoms with Crippen molar-refractivity contribution in [3.8, 4) is 11.5 Å². The number of carbonyl (C=O) groups is 2. The zero-order valence-electron chi connectivity index (χ0n) is 15.4. The van der Waals surface area contributed by atoms with E-state index in [0.717, 1.165) is 0 Å². The molecule has 2 amide bonds. The minimum Gasteiger partial charge on any atom is -0.497 e. The Hall–Kier alpha value is -3.09. The smallest absolute Gasteiger partial charge is 0.272 e. The molecule has 0 aliphatic carbocycles. The minimum absolute atomic E-state index is 0.202. The highest BCUT2D eigenvalue weighted by atomic mass is 16.5. The van der Waals surface area contributed by atoms with E-state index in [1.807, 2.05) is 13.8 Å². The number of ether oxygens (including phenoxy) is 2. The van der Waals surface area contributed by atoms with Gasteiger partial charge in [-0.05, 0) is 38.1 Å². The van der Waals surface area contributed by atoms with E-state index in [4.69, 9.17) is 9.47 Å². The van der Waals surface area contributed by atoms with Gasteiger partial charge >= 0.3 is 0 Å². The summed E-state index contributed by atoms with van der Waals surface area (Å²) in [6, 6.07) is 8.15. The average molecular weight is 357 g/mol. The first-order valence-corrected chi connectivity index (χ1v) is 8.32. The highest BCUT2D eigenvalue weighted by Gasteiger charge is 2.17. The Labute approximate surface area is 152 Å². The summed E-state index contributed by atoms with van der Waals surface area (Å²) in [5.74, 6) is 0.540. The number of hydrogen-bond donors (Lipinski definition) is 1. The summed E-state index contributed by atoms with van der Waals surface area (Å²) in [6.07, 6.45) is 1.46. The lowest BCUT2D eigenvalue weighted by Crippen LogP contribution is -2.31. The van der Waals surface area contributed by atoms with Crippen LogP contribution in [0.5, 0.6) is 11.5 Å². The predicted octanol–water partition coefficient (Wildman–Crippen LogP) is 2.83. The van der Waals surface area contributed by atoms with Crippen molar-refractivity contribution in [1.29, 1.82) is 0 Å². The fraction of sp³-hybridized carbons (Fsp3) is 0.316. The standard InChI is InChI=1S/C19H23N3O4/c1-5-22(6-2)19(24)16-11-13(9-10-20-16)18(23)21-15-8-7-14(25-3)12-17(15)26-4/h7-12H,5-6H2,1-4H3,(H,21,23). The van der Waals surface area contributed by atoms with Crippen molar-refractivity contribution in [1.82, 2.24) is 9.88 Å². The molecular formula is C19H23N3O4. The number of pyridine rings is 1. The maximum atomic E-state index is 12.6. The second-order valence-electron chi connectivity index (χ2n) is 5.43. The molecule has 2 rings (SSSR count). The number of benzene rings is 1. The fourth-order valence-electron chi connectivity index (χ4n) is 2.46. The third kappa shape index (κ3) is 4.30. The Balaban J connectivity index is 2.23. The van der Waals surface area contributed by atoms with Crippen LogP contribution < -0.4 is 14.8 Å². The summed E-state index contributed by atoms with van der Waals surface area (Å²) in [5.41, 5.74) is 1.09. The number of nitrogens with one attached hydrogen (secondary N) is 1. The van der Waals surface area contributed by atoms with E-state index in [9.17, 15) is 9.59 Å². The second kappa shape index (κ2) is 8.84. The van der Waals surface area contributed by atoms with Gasteiger partial charge in [-0.3, -0.25) is 14.6 Å². The predicted molar refractivity (Wildman–Crippen MR) is 99.0 cm³/mol. The van der Waals surface area contributed by atoms with Crippen LogP contribution in [0.3, 0.4) is 0 Å². The molecule has 1 heterocycles. The summed E-state index contributed by atoms with van der Waals surface area (Å²) in [5, 5.41) is 2.78. The van der Waals surface area contributed by atoms with Gasteiger partial charge in [0.2, 0.25) is 0 Å². The number of hydrogen-bond acceptors (Lipinski definition) is 5. The molecule has 2 aromatic rings. The number of nitrogens with zero attached hydrogens (tertiary/aromatic N) is 2. The fourth-order valence-corrected chi connectivity index (χ4v) is 2.46. The molecule has 7 heteroatoms. The molecule has 0 aliphatic rings. The first-order chi connectivity index (χ1) is 12.5. The number of amides is 2. The molecule has 0 radical (unpaired) electrons. The van der Waals surface area contributed by atoms with E-state index in [-0.39, 0.29) is 17.5 Å². The summed E-state index contributed by atoms with van der Waals surface area (Å²) >= 11 is 0. The first-order valence-electron chi connectivity index (χ1n) is 8.32. The summed E-state index contributed by atoms with van der Waals surface area (Å²) < 4.78 is 10.4. The molecule has 0 aliphatic heterocycles. The Kier molecular flexibility index (Phi) is 6.54. The van der Waals surface area contributed by atoms with Crippen molar-refractivity contribution in [2.75, 3.05) is 32.6 Å². The largest absolute Gasteiger partial charge is 0.497 e. The zero-order chi connectivity index (χ0) is 19.1. The molecular weight excluding hydrogens is 334 g/mol. The molecule has 0 atom stereocenters. The molecule has 0 saturated carbocycles. The third-order valence-electron chi connectivity index (χ3n) is 3.95. The van der Waals surface area contributed by atoms with Crippen LogP contribution in [0.25, 0.3) is 0 Å². The maximum Gasteiger partial charge on any atom is 0.272 e. The zero-order valence-corrected chi connectivity index (χ0v) is 15.4. The summed E-state index contributed by atoms with van der Waals surface area (Å²) in [7, 11) is 3.07. The van der Waals surface area contributed by atoms with Gasteiger partial charge in [-0.2, -0.15) is 0 Å². The van der Waals surface area contributed by atoms with Gasteiger partial charge in [0.25, 0.3) is 11.8 Å². The van der Waals surface area contributed by atoms with Gasteiger partial charge in [0.15, 0.2) is 0 Å². The van der Waals surface area contributed by atoms with Crippen LogP contribution in [0.15, 0.2) is 36.5 Å². The molecule has 0 fully saturated rings. The molecule has 138 valence electrons. The van der Waals surface area contributed by atoms with Crippen molar-refractivity contribution < 1.29 is 19.1 Å². The van der Waals surface area contributed by atoms with Crippen LogP contribution in [0.1, 0.15) is 34.7 Å². The average Bonchev–Trinajstić information content (AvgIpc) is 2.69. The number of methoxy groups -OCH3 is 2. The van der Waals surface area contributed by atoms with Gasteiger partial charge in [-0.15, -0.1) is 0 Å². The Morgan fingerprint density at radius 3 is 2.42 bits per heavy atom. The van der Waals surface area contributed by atoms with Crippen molar-refractivity contribution in [3.05, 3.63) is 47.8 Å². The van der Waals surface area contributed by atoms with Crippen LogP contribution >= 0.6 is 0 Å². The molecule has 0 unspecified atom stereocenters. The number of aromatic nitrogens is 1. The van der Waals surface area contributed by atoms with E-state index >= 15 is 0 Å². The molecule has 0 spiro atoms. The Bertz CT molecular complexity index is 788. The van der Waals surface area contributed by atoms with Gasteiger partial charge in [-0.25, -0.2) is 0 Å². The monoisotopic (exact) mass is 357 g/mol. The molecule has 1 aromatic carbocycles. The van der Waals surface area contributed by atoms with E-state index in [1.165, 1.54) is 19.4 Å². The van der Waals surface area contributed by atoms with Gasteiger partial charge < -0.3 is 19.7 Å². The van der Waals surface area contributed by atoms with Crippen LogP contribution in [0.4, 0.5) is 5.69 Å². The van der Waals surface area contributed by atoms with E-state index in [2.05, 4.69) is 10.3 Å². The second-order valence-corrected chi connectivity index (χ2v) is 5.43. The van der Waals surface area contributed by atoms with Gasteiger partial charge in [-0.1, -0.05) is 0 Å². The number of rotatable bonds is 7. The lowest BCUT2D eigenvalue weighted by Gasteiger charge is -2.18. The maximum absolute atomic E-state index is 12.6. The van der Waals surface area contributed by atoms with Crippen molar-refractivity contribution in [2.45, 2.75) is 13.8 Å². The molecule has 0 saturated heterocycles. The van der Waals surface area contributed by atoms with Crippen LogP contribution in [0.2, 0.25) is 0 Å². The van der Waals surface area contributed by atoms with Crippen molar-refractivity contribution in [3.63, 3.8) is 0 Å². The quantitative estimate of drug-likeness (QED) is 0.824. The topological polar surface area (TPSA) is 80.8 Å². The van der Waals surface area contributed by atoms with Gasteiger partial charge in [0.05, 0.1) is 19.9 Å². The van der Waals surface area contributed by atoms with Crippen molar-refractivity contribution in [2.24, 2.45) is 0 Å². The Morgan fingerprint density at radius 2 is 1.81 bits per heavy atom. The Morgan fingerprint density at radius 1 is 1.08 bits per heavy atom. The molecule has 7 nitrogen and oxygen atoms in total. The molecule has 26 heavy (non-hydrogen) atoms. The van der Waals surface area contributed by atoms with Crippen LogP contribution in [0, 0.1) is 0 Å². The summed E-state index contributed by atoms with van der Waals surface area (Å²) in [6.45, 7) is 4.95. The highest BCUT2D eigenvalue weighted by Crippen LogP contribution is 2.29. The van der Waals surface area contributed by atoms with Crippen molar-refractivity contribution >= 4 is 17.5 Å². The number of anilines is 1. The van der Waals surface area contributed by atoms with E-state index in [0.29, 0.717) is 35.8 Å². The molecule has 0 bridgehead atoms. The highest BCUT2D eigenvalue weighted by molar-refractivity contribution is 6.06. The van der Waals surface area contributed by atoms with Crippen LogP contribution in [-0.2, 0) is 0 Å². The third-order valence-corrected chi connectivity index (χ3v) is 3.95. The van der Waals surface area contributed by atoms with Gasteiger partial charge in [0, 0.05) is 30.9 Å². The van der Waals surface area contributed by atoms with E-state index in [1.54, 1.807) is 36.3 Å². The first kappa shape index (κ1) is 19.2.